The van der Waals surface area contributed by atoms with E-state index in [4.69, 9.17) is 11.6 Å². The molecule has 1 aromatic carbocycles. The summed E-state index contributed by atoms with van der Waals surface area (Å²) in [4.78, 5) is 0. The van der Waals surface area contributed by atoms with Crippen LogP contribution in [0, 0.1) is 0 Å². The fraction of sp³-hybridized carbons (Fsp3) is 0.538. The zero-order valence-electron chi connectivity index (χ0n) is 10.8. The number of rotatable bonds is 7. The fourth-order valence-electron chi connectivity index (χ4n) is 1.72. The Morgan fingerprint density at radius 3 is 2.44 bits per heavy atom. The summed E-state index contributed by atoms with van der Waals surface area (Å²) in [5.74, 6) is 0.234. The van der Waals surface area contributed by atoms with Crippen molar-refractivity contribution in [1.29, 1.82) is 0 Å². The predicted octanol–water partition coefficient (Wildman–Crippen LogP) is 2.64. The molecule has 0 aliphatic carbocycles. The van der Waals surface area contributed by atoms with Crippen molar-refractivity contribution in [2.24, 2.45) is 0 Å². The van der Waals surface area contributed by atoms with Crippen LogP contribution in [0.25, 0.3) is 0 Å². The minimum Gasteiger partial charge on any atom is -0.313 e. The van der Waals surface area contributed by atoms with E-state index in [1.165, 1.54) is 0 Å². The van der Waals surface area contributed by atoms with Gasteiger partial charge in [0, 0.05) is 11.1 Å². The van der Waals surface area contributed by atoms with Crippen molar-refractivity contribution in [1.82, 2.24) is 5.32 Å². The Bertz CT molecular complexity index is 456. The van der Waals surface area contributed by atoms with Gasteiger partial charge in [-0.1, -0.05) is 30.7 Å². The SMILES string of the molecule is CCCNC(C)CS(=O)(=O)Cc1ccc(Cl)cc1. The Kier molecular flexibility index (Phi) is 6.12. The van der Waals surface area contributed by atoms with E-state index >= 15 is 0 Å². The standard InChI is InChI=1S/C13H20ClNO2S/c1-3-8-15-11(2)9-18(16,17)10-12-4-6-13(14)7-5-12/h4-7,11,15H,3,8-10H2,1-2H3. The van der Waals surface area contributed by atoms with Crippen molar-refractivity contribution >= 4 is 21.4 Å². The third-order valence-corrected chi connectivity index (χ3v) is 4.58. The van der Waals surface area contributed by atoms with E-state index in [2.05, 4.69) is 12.2 Å². The second-order valence-corrected chi connectivity index (χ2v) is 7.08. The number of halogens is 1. The minimum atomic E-state index is -3.08. The molecule has 0 aliphatic heterocycles. The number of hydrogen-bond acceptors (Lipinski definition) is 3. The Labute approximate surface area is 114 Å². The molecular weight excluding hydrogens is 270 g/mol. The zero-order valence-corrected chi connectivity index (χ0v) is 12.4. The first-order valence-corrected chi connectivity index (χ1v) is 8.31. The molecule has 0 aliphatic rings. The summed E-state index contributed by atoms with van der Waals surface area (Å²) >= 11 is 5.76. The Morgan fingerprint density at radius 1 is 1.28 bits per heavy atom. The van der Waals surface area contributed by atoms with E-state index in [-0.39, 0.29) is 17.5 Å². The number of hydrogen-bond donors (Lipinski definition) is 1. The van der Waals surface area contributed by atoms with Crippen molar-refractivity contribution in [3.05, 3.63) is 34.9 Å². The lowest BCUT2D eigenvalue weighted by Crippen LogP contribution is -2.33. The number of sulfone groups is 1. The van der Waals surface area contributed by atoms with E-state index in [0.717, 1.165) is 18.5 Å². The van der Waals surface area contributed by atoms with Crippen LogP contribution in [0.4, 0.5) is 0 Å². The fourth-order valence-corrected chi connectivity index (χ4v) is 3.55. The van der Waals surface area contributed by atoms with Crippen molar-refractivity contribution in [3.8, 4) is 0 Å². The number of benzene rings is 1. The van der Waals surface area contributed by atoms with Crippen molar-refractivity contribution in [3.63, 3.8) is 0 Å². The zero-order chi connectivity index (χ0) is 13.6. The molecular formula is C13H20ClNO2S. The lowest BCUT2D eigenvalue weighted by Gasteiger charge is -2.13. The molecule has 1 atom stereocenters. The molecule has 0 spiro atoms. The molecule has 1 rings (SSSR count). The summed E-state index contributed by atoms with van der Waals surface area (Å²) in [7, 11) is -3.08. The van der Waals surface area contributed by atoms with Gasteiger partial charge in [-0.15, -0.1) is 0 Å². The van der Waals surface area contributed by atoms with Gasteiger partial charge in [0.25, 0.3) is 0 Å². The van der Waals surface area contributed by atoms with Crippen LogP contribution in [-0.4, -0.2) is 26.8 Å². The van der Waals surface area contributed by atoms with E-state index < -0.39 is 9.84 Å². The third kappa shape index (κ3) is 5.85. The molecule has 0 fully saturated rings. The van der Waals surface area contributed by atoms with Gasteiger partial charge in [-0.3, -0.25) is 0 Å². The summed E-state index contributed by atoms with van der Waals surface area (Å²) in [6.07, 6.45) is 1.00. The monoisotopic (exact) mass is 289 g/mol. The van der Waals surface area contributed by atoms with Crippen LogP contribution in [0.5, 0.6) is 0 Å². The average Bonchev–Trinajstić information content (AvgIpc) is 2.28. The first-order chi connectivity index (χ1) is 8.43. The highest BCUT2D eigenvalue weighted by Gasteiger charge is 2.16. The highest BCUT2D eigenvalue weighted by molar-refractivity contribution is 7.90. The van der Waals surface area contributed by atoms with Gasteiger partial charge in [0.05, 0.1) is 11.5 Å². The maximum absolute atomic E-state index is 12.0. The van der Waals surface area contributed by atoms with Gasteiger partial charge in [0.15, 0.2) is 9.84 Å². The molecule has 5 heteroatoms. The molecule has 0 aromatic heterocycles. The molecule has 0 heterocycles. The lowest BCUT2D eigenvalue weighted by atomic mass is 10.2. The third-order valence-electron chi connectivity index (χ3n) is 2.55. The van der Waals surface area contributed by atoms with Gasteiger partial charge in [-0.2, -0.15) is 0 Å². The minimum absolute atomic E-state index is 0.0118. The Balaban J connectivity index is 2.56. The van der Waals surface area contributed by atoms with E-state index in [1.807, 2.05) is 6.92 Å². The van der Waals surface area contributed by atoms with Crippen LogP contribution >= 0.6 is 11.6 Å². The van der Waals surface area contributed by atoms with Gasteiger partial charge < -0.3 is 5.32 Å². The van der Waals surface area contributed by atoms with Crippen LogP contribution in [0.3, 0.4) is 0 Å². The van der Waals surface area contributed by atoms with E-state index in [9.17, 15) is 8.42 Å². The van der Waals surface area contributed by atoms with Crippen LogP contribution in [0.1, 0.15) is 25.8 Å². The molecule has 1 unspecified atom stereocenters. The van der Waals surface area contributed by atoms with Crippen LogP contribution < -0.4 is 5.32 Å². The molecule has 0 bridgehead atoms. The predicted molar refractivity (Wildman–Crippen MR) is 76.7 cm³/mol. The molecule has 0 saturated heterocycles. The summed E-state index contributed by atoms with van der Waals surface area (Å²) in [6.45, 7) is 4.80. The normalized spacial score (nSPS) is 13.5. The largest absolute Gasteiger partial charge is 0.313 e. The van der Waals surface area contributed by atoms with Crippen molar-refractivity contribution < 1.29 is 8.42 Å². The molecule has 102 valence electrons. The van der Waals surface area contributed by atoms with Crippen LogP contribution in [0.2, 0.25) is 5.02 Å². The summed E-state index contributed by atoms with van der Waals surface area (Å²) in [6, 6.07) is 6.92. The molecule has 3 nitrogen and oxygen atoms in total. The second kappa shape index (κ2) is 7.12. The number of nitrogens with one attached hydrogen (secondary N) is 1. The van der Waals surface area contributed by atoms with Gasteiger partial charge in [-0.25, -0.2) is 8.42 Å². The summed E-state index contributed by atoms with van der Waals surface area (Å²) < 4.78 is 24.0. The summed E-state index contributed by atoms with van der Waals surface area (Å²) in [5, 5.41) is 3.80. The van der Waals surface area contributed by atoms with Crippen molar-refractivity contribution in [2.75, 3.05) is 12.3 Å². The van der Waals surface area contributed by atoms with Gasteiger partial charge in [0.2, 0.25) is 0 Å². The summed E-state index contributed by atoms with van der Waals surface area (Å²) in [5.41, 5.74) is 0.780. The smallest absolute Gasteiger partial charge is 0.155 e. The van der Waals surface area contributed by atoms with Gasteiger partial charge in [-0.05, 0) is 37.6 Å². The maximum atomic E-state index is 12.0. The van der Waals surface area contributed by atoms with Crippen molar-refractivity contribution in [2.45, 2.75) is 32.1 Å². The lowest BCUT2D eigenvalue weighted by molar-refractivity contribution is 0.554. The molecule has 18 heavy (non-hydrogen) atoms. The first kappa shape index (κ1) is 15.5. The first-order valence-electron chi connectivity index (χ1n) is 6.11. The Hall–Kier alpha value is -0.580. The van der Waals surface area contributed by atoms with Crippen LogP contribution in [0.15, 0.2) is 24.3 Å². The molecule has 0 amide bonds. The Morgan fingerprint density at radius 2 is 1.89 bits per heavy atom. The maximum Gasteiger partial charge on any atom is 0.155 e. The van der Waals surface area contributed by atoms with Gasteiger partial charge in [0.1, 0.15) is 0 Å². The highest BCUT2D eigenvalue weighted by Crippen LogP contribution is 2.12. The molecule has 1 aromatic rings. The van der Waals surface area contributed by atoms with Gasteiger partial charge >= 0.3 is 0 Å². The average molecular weight is 290 g/mol. The molecule has 0 radical (unpaired) electrons. The quantitative estimate of drug-likeness (QED) is 0.839. The molecule has 1 N–H and O–H groups in total. The topological polar surface area (TPSA) is 46.2 Å². The highest BCUT2D eigenvalue weighted by atomic mass is 35.5. The van der Waals surface area contributed by atoms with E-state index in [1.54, 1.807) is 24.3 Å². The van der Waals surface area contributed by atoms with E-state index in [0.29, 0.717) is 5.02 Å². The van der Waals surface area contributed by atoms with Crippen LogP contribution in [-0.2, 0) is 15.6 Å². The second-order valence-electron chi connectivity index (χ2n) is 4.54. The molecule has 0 saturated carbocycles.